The Hall–Kier alpha value is -3.18. The summed E-state index contributed by atoms with van der Waals surface area (Å²) in [5.41, 5.74) is 5.54. The van der Waals surface area contributed by atoms with Gasteiger partial charge in [0.05, 0.1) is 12.2 Å². The average Bonchev–Trinajstić information content (AvgIpc) is 3.41. The van der Waals surface area contributed by atoms with Crippen molar-refractivity contribution in [3.05, 3.63) is 78.1 Å². The van der Waals surface area contributed by atoms with Crippen LogP contribution in [0.5, 0.6) is 0 Å². The van der Waals surface area contributed by atoms with Gasteiger partial charge in [0.2, 0.25) is 0 Å². The zero-order valence-corrected chi connectivity index (χ0v) is 14.6. The summed E-state index contributed by atoms with van der Waals surface area (Å²) in [6.07, 6.45) is 3.82. The van der Waals surface area contributed by atoms with Crippen molar-refractivity contribution < 1.29 is 14.0 Å². The maximum absolute atomic E-state index is 12.7. The molecule has 1 amide bonds. The fourth-order valence-corrected chi connectivity index (χ4v) is 3.56. The van der Waals surface area contributed by atoms with E-state index in [0.717, 1.165) is 34.9 Å². The Morgan fingerprint density at radius 3 is 2.67 bits per heavy atom. The van der Waals surface area contributed by atoms with Crippen LogP contribution in [0.4, 0.5) is 0 Å². The van der Waals surface area contributed by atoms with Crippen LogP contribution in [0, 0.1) is 0 Å². The number of nitrogens with one attached hydrogen (secondary N) is 1. The summed E-state index contributed by atoms with van der Waals surface area (Å²) in [4.78, 5) is 22.8. The maximum Gasteiger partial charge on any atom is 0.275 e. The number of furan rings is 1. The molecule has 27 heavy (non-hydrogen) atoms. The summed E-state index contributed by atoms with van der Waals surface area (Å²) in [5.74, 6) is -0.274. The number of pyridine rings is 1. The predicted molar refractivity (Wildman–Crippen MR) is 102 cm³/mol. The summed E-state index contributed by atoms with van der Waals surface area (Å²) in [6.45, 7) is 0.415. The van der Waals surface area contributed by atoms with E-state index in [1.807, 2.05) is 54.6 Å². The van der Waals surface area contributed by atoms with Gasteiger partial charge in [-0.2, -0.15) is 0 Å². The number of fused-ring (bicyclic) bond motifs is 3. The number of para-hydroxylation sites is 1. The summed E-state index contributed by atoms with van der Waals surface area (Å²) < 4.78 is 5.84. The first-order valence-corrected chi connectivity index (χ1v) is 9.01. The number of benzene rings is 2. The standard InChI is InChI=1S/C22H18N2O3/c25-21(24-26-14-22(11-12-22)19-10-3-4-13-23-19)16-7-5-9-18-20(16)15-6-1-2-8-17(15)27-18/h1-10,13H,11-12,14H2,(H,24,25). The van der Waals surface area contributed by atoms with Gasteiger partial charge in [0.1, 0.15) is 11.2 Å². The van der Waals surface area contributed by atoms with Gasteiger partial charge in [0, 0.05) is 28.1 Å². The molecule has 5 rings (SSSR count). The van der Waals surface area contributed by atoms with Crippen LogP contribution in [0.3, 0.4) is 0 Å². The number of carbonyl (C=O) groups is 1. The Kier molecular flexibility index (Phi) is 3.69. The molecule has 0 bridgehead atoms. The van der Waals surface area contributed by atoms with E-state index in [9.17, 15) is 4.79 Å². The second-order valence-corrected chi connectivity index (χ2v) is 6.99. The largest absolute Gasteiger partial charge is 0.456 e. The third-order valence-corrected chi connectivity index (χ3v) is 5.22. The zero-order valence-electron chi connectivity index (χ0n) is 14.6. The van der Waals surface area contributed by atoms with Crippen molar-refractivity contribution in [2.75, 3.05) is 6.61 Å². The average molecular weight is 358 g/mol. The number of rotatable bonds is 5. The van der Waals surface area contributed by atoms with E-state index in [4.69, 9.17) is 9.25 Å². The van der Waals surface area contributed by atoms with Gasteiger partial charge in [-0.1, -0.05) is 30.3 Å². The van der Waals surface area contributed by atoms with E-state index in [1.165, 1.54) is 0 Å². The number of carbonyl (C=O) groups excluding carboxylic acids is 1. The zero-order chi connectivity index (χ0) is 18.3. The van der Waals surface area contributed by atoms with E-state index < -0.39 is 0 Å². The molecule has 2 heterocycles. The maximum atomic E-state index is 12.7. The van der Waals surface area contributed by atoms with E-state index in [0.29, 0.717) is 17.8 Å². The lowest BCUT2D eigenvalue weighted by molar-refractivity contribution is 0.0220. The number of nitrogens with zero attached hydrogens (tertiary/aromatic N) is 1. The van der Waals surface area contributed by atoms with E-state index in [1.54, 1.807) is 12.3 Å². The van der Waals surface area contributed by atoms with Crippen LogP contribution in [0.2, 0.25) is 0 Å². The van der Waals surface area contributed by atoms with E-state index in [-0.39, 0.29) is 11.3 Å². The minimum absolute atomic E-state index is 0.0805. The van der Waals surface area contributed by atoms with Gasteiger partial charge < -0.3 is 4.42 Å². The van der Waals surface area contributed by atoms with E-state index in [2.05, 4.69) is 10.5 Å². The van der Waals surface area contributed by atoms with Crippen molar-refractivity contribution >= 4 is 27.8 Å². The lowest BCUT2D eigenvalue weighted by Gasteiger charge is -2.15. The van der Waals surface area contributed by atoms with Crippen LogP contribution in [0.1, 0.15) is 28.9 Å². The molecule has 1 aliphatic carbocycles. The molecule has 5 nitrogen and oxygen atoms in total. The lowest BCUT2D eigenvalue weighted by atomic mass is 10.0. The van der Waals surface area contributed by atoms with Crippen LogP contribution in [-0.2, 0) is 10.3 Å². The van der Waals surface area contributed by atoms with Gasteiger partial charge in [-0.3, -0.25) is 14.6 Å². The van der Waals surface area contributed by atoms with Crippen LogP contribution in [-0.4, -0.2) is 17.5 Å². The van der Waals surface area contributed by atoms with Gasteiger partial charge in [-0.25, -0.2) is 5.48 Å². The van der Waals surface area contributed by atoms with Crippen LogP contribution < -0.4 is 5.48 Å². The molecular weight excluding hydrogens is 340 g/mol. The molecule has 1 saturated carbocycles. The Balaban J connectivity index is 1.36. The van der Waals surface area contributed by atoms with Crippen molar-refractivity contribution in [2.24, 2.45) is 0 Å². The lowest BCUT2D eigenvalue weighted by Crippen LogP contribution is -2.29. The molecule has 0 saturated heterocycles. The highest BCUT2D eigenvalue weighted by atomic mass is 16.7. The molecular formula is C22H18N2O3. The third-order valence-electron chi connectivity index (χ3n) is 5.22. The molecule has 134 valence electrons. The van der Waals surface area contributed by atoms with Crippen molar-refractivity contribution in [1.82, 2.24) is 10.5 Å². The third kappa shape index (κ3) is 2.76. The van der Waals surface area contributed by atoms with Crippen LogP contribution in [0.15, 0.2) is 71.3 Å². The van der Waals surface area contributed by atoms with Gasteiger partial charge in [-0.15, -0.1) is 0 Å². The normalized spacial score (nSPS) is 15.1. The number of aromatic nitrogens is 1. The number of hydroxylamine groups is 1. The molecule has 0 aliphatic heterocycles. The quantitative estimate of drug-likeness (QED) is 0.538. The first-order chi connectivity index (χ1) is 13.3. The Labute approximate surface area is 155 Å². The number of hydrogen-bond donors (Lipinski definition) is 1. The van der Waals surface area contributed by atoms with Gasteiger partial charge in [0.25, 0.3) is 5.91 Å². The van der Waals surface area contributed by atoms with Crippen molar-refractivity contribution in [2.45, 2.75) is 18.3 Å². The molecule has 5 heteroatoms. The highest BCUT2D eigenvalue weighted by Gasteiger charge is 2.46. The van der Waals surface area contributed by atoms with Crippen molar-refractivity contribution in [3.8, 4) is 0 Å². The minimum Gasteiger partial charge on any atom is -0.456 e. The van der Waals surface area contributed by atoms with Crippen LogP contribution in [0.25, 0.3) is 21.9 Å². The SMILES string of the molecule is O=C(NOCC1(c2ccccn2)CC1)c1cccc2oc3ccccc3c12. The Morgan fingerprint density at radius 1 is 1.04 bits per heavy atom. The summed E-state index contributed by atoms with van der Waals surface area (Å²) in [7, 11) is 0. The van der Waals surface area contributed by atoms with Gasteiger partial charge in [0.15, 0.2) is 0 Å². The second kappa shape index (κ2) is 6.21. The van der Waals surface area contributed by atoms with Gasteiger partial charge >= 0.3 is 0 Å². The molecule has 1 N–H and O–H groups in total. The Bertz CT molecular complexity index is 1130. The molecule has 2 aromatic heterocycles. The number of hydrogen-bond acceptors (Lipinski definition) is 4. The molecule has 1 aliphatic rings. The predicted octanol–water partition coefficient (Wildman–Crippen LogP) is 4.37. The molecule has 4 aromatic rings. The molecule has 1 fully saturated rings. The van der Waals surface area contributed by atoms with E-state index >= 15 is 0 Å². The van der Waals surface area contributed by atoms with Crippen molar-refractivity contribution in [1.29, 1.82) is 0 Å². The summed E-state index contributed by atoms with van der Waals surface area (Å²) >= 11 is 0. The van der Waals surface area contributed by atoms with Crippen LogP contribution >= 0.6 is 0 Å². The summed E-state index contributed by atoms with van der Waals surface area (Å²) in [6, 6.07) is 19.1. The molecule has 0 unspecified atom stereocenters. The molecule has 0 spiro atoms. The molecule has 2 aromatic carbocycles. The Morgan fingerprint density at radius 2 is 1.85 bits per heavy atom. The summed E-state index contributed by atoms with van der Waals surface area (Å²) in [5, 5.41) is 1.73. The monoisotopic (exact) mass is 358 g/mol. The molecule has 0 atom stereocenters. The van der Waals surface area contributed by atoms with Crippen molar-refractivity contribution in [3.63, 3.8) is 0 Å². The molecule has 0 radical (unpaired) electrons. The first kappa shape index (κ1) is 16.0. The highest BCUT2D eigenvalue weighted by molar-refractivity contribution is 6.16. The fourth-order valence-electron chi connectivity index (χ4n) is 3.56. The topological polar surface area (TPSA) is 64.4 Å². The second-order valence-electron chi connectivity index (χ2n) is 6.99. The fraction of sp³-hybridized carbons (Fsp3) is 0.182. The van der Waals surface area contributed by atoms with Gasteiger partial charge in [-0.05, 0) is 43.2 Å². The first-order valence-electron chi connectivity index (χ1n) is 9.01. The number of amides is 1. The highest BCUT2D eigenvalue weighted by Crippen LogP contribution is 2.47. The minimum atomic E-state index is -0.274. The smallest absolute Gasteiger partial charge is 0.275 e.